The molecule has 1 aliphatic carbocycles. The van der Waals surface area contributed by atoms with Crippen molar-refractivity contribution in [1.29, 1.82) is 0 Å². The summed E-state index contributed by atoms with van der Waals surface area (Å²) in [5.74, 6) is 0.755. The maximum atomic E-state index is 12.2. The van der Waals surface area contributed by atoms with Crippen LogP contribution in [-0.4, -0.2) is 18.8 Å². The second kappa shape index (κ2) is 8.03. The zero-order valence-electron chi connectivity index (χ0n) is 11.4. The molecule has 1 nitrogen and oxygen atoms in total. The Balaban J connectivity index is 2.23. The number of nitrogens with one attached hydrogen (secondary N) is 1. The molecule has 1 saturated carbocycles. The van der Waals surface area contributed by atoms with Crippen LogP contribution in [0, 0.1) is 5.92 Å². The van der Waals surface area contributed by atoms with Crippen LogP contribution in [0.4, 0.5) is 13.2 Å². The zero-order chi connectivity index (χ0) is 13.4. The summed E-state index contributed by atoms with van der Waals surface area (Å²) in [6, 6.07) is 0.0403. The van der Waals surface area contributed by atoms with E-state index in [-0.39, 0.29) is 12.5 Å². The van der Waals surface area contributed by atoms with Crippen LogP contribution >= 0.6 is 0 Å². The van der Waals surface area contributed by atoms with Crippen LogP contribution in [0.3, 0.4) is 0 Å². The van der Waals surface area contributed by atoms with Crippen LogP contribution in [-0.2, 0) is 0 Å². The number of hydrogen-bond acceptors (Lipinski definition) is 1. The van der Waals surface area contributed by atoms with E-state index in [4.69, 9.17) is 0 Å². The first-order valence-electron chi connectivity index (χ1n) is 7.31. The van der Waals surface area contributed by atoms with Crippen LogP contribution in [0.2, 0.25) is 0 Å². The highest BCUT2D eigenvalue weighted by Gasteiger charge is 2.28. The molecule has 0 amide bonds. The summed E-state index contributed by atoms with van der Waals surface area (Å²) >= 11 is 0. The van der Waals surface area contributed by atoms with E-state index in [1.165, 1.54) is 32.1 Å². The van der Waals surface area contributed by atoms with E-state index < -0.39 is 12.6 Å². The monoisotopic (exact) mass is 265 g/mol. The third-order valence-electron chi connectivity index (χ3n) is 3.92. The third kappa shape index (κ3) is 7.24. The molecule has 108 valence electrons. The summed E-state index contributed by atoms with van der Waals surface area (Å²) in [5.41, 5.74) is 0. The average molecular weight is 265 g/mol. The quantitative estimate of drug-likeness (QED) is 0.705. The molecule has 0 aromatic heterocycles. The van der Waals surface area contributed by atoms with Gasteiger partial charge in [-0.1, -0.05) is 39.0 Å². The molecule has 1 fully saturated rings. The molecule has 0 aromatic carbocycles. The van der Waals surface area contributed by atoms with Crippen molar-refractivity contribution in [3.63, 3.8) is 0 Å². The van der Waals surface area contributed by atoms with Gasteiger partial charge in [-0.15, -0.1) is 0 Å². The lowest BCUT2D eigenvalue weighted by Gasteiger charge is -2.25. The lowest BCUT2D eigenvalue weighted by molar-refractivity contribution is -0.136. The van der Waals surface area contributed by atoms with Crippen molar-refractivity contribution in [3.05, 3.63) is 0 Å². The molecule has 1 unspecified atom stereocenters. The lowest BCUT2D eigenvalue weighted by Crippen LogP contribution is -2.31. The van der Waals surface area contributed by atoms with E-state index in [1.807, 2.05) is 6.92 Å². The van der Waals surface area contributed by atoms with Crippen molar-refractivity contribution in [2.24, 2.45) is 5.92 Å². The molecule has 18 heavy (non-hydrogen) atoms. The van der Waals surface area contributed by atoms with Crippen molar-refractivity contribution in [2.75, 3.05) is 6.54 Å². The molecular formula is C14H26F3N. The molecule has 0 radical (unpaired) electrons. The molecule has 4 heteroatoms. The average Bonchev–Trinajstić information content (AvgIpc) is 2.33. The van der Waals surface area contributed by atoms with Gasteiger partial charge in [0.05, 0.1) is 0 Å². The first-order valence-corrected chi connectivity index (χ1v) is 7.31. The normalized spacial score (nSPS) is 20.0. The lowest BCUT2D eigenvalue weighted by atomic mass is 9.85. The van der Waals surface area contributed by atoms with Crippen LogP contribution in [0.15, 0.2) is 0 Å². The van der Waals surface area contributed by atoms with Crippen LogP contribution in [0.1, 0.15) is 64.7 Å². The Morgan fingerprint density at radius 3 is 2.33 bits per heavy atom. The minimum absolute atomic E-state index is 0.0403. The maximum Gasteiger partial charge on any atom is 0.389 e. The van der Waals surface area contributed by atoms with E-state index in [0.29, 0.717) is 0 Å². The number of halogens is 3. The van der Waals surface area contributed by atoms with Gasteiger partial charge in [-0.25, -0.2) is 0 Å². The van der Waals surface area contributed by atoms with Crippen LogP contribution in [0.25, 0.3) is 0 Å². The van der Waals surface area contributed by atoms with E-state index >= 15 is 0 Å². The summed E-state index contributed by atoms with van der Waals surface area (Å²) in [6.45, 7) is 2.72. The Bertz CT molecular complexity index is 210. The standard InChI is InChI=1S/C14H26F3N/c1-2-18-13(10-11-14(15,16)17)9-8-12-6-4-3-5-7-12/h12-13,18H,2-11H2,1H3. The van der Waals surface area contributed by atoms with Gasteiger partial charge in [0.2, 0.25) is 0 Å². The first kappa shape index (κ1) is 15.8. The van der Waals surface area contributed by atoms with Gasteiger partial charge in [0.15, 0.2) is 0 Å². The van der Waals surface area contributed by atoms with E-state index in [9.17, 15) is 13.2 Å². The Labute approximate surface area is 109 Å². The van der Waals surface area contributed by atoms with Crippen LogP contribution in [0.5, 0.6) is 0 Å². The molecule has 0 bridgehead atoms. The smallest absolute Gasteiger partial charge is 0.314 e. The Morgan fingerprint density at radius 1 is 1.11 bits per heavy atom. The Morgan fingerprint density at radius 2 is 1.78 bits per heavy atom. The van der Waals surface area contributed by atoms with E-state index in [1.54, 1.807) is 0 Å². The SMILES string of the molecule is CCNC(CCC1CCCCC1)CCC(F)(F)F. The highest BCUT2D eigenvalue weighted by Crippen LogP contribution is 2.29. The molecule has 1 aliphatic rings. The van der Waals surface area contributed by atoms with Gasteiger partial charge in [-0.3, -0.25) is 0 Å². The van der Waals surface area contributed by atoms with Crippen molar-refractivity contribution in [3.8, 4) is 0 Å². The molecule has 0 aliphatic heterocycles. The topological polar surface area (TPSA) is 12.0 Å². The van der Waals surface area contributed by atoms with Gasteiger partial charge in [-0.2, -0.15) is 13.2 Å². The summed E-state index contributed by atoms with van der Waals surface area (Å²) in [4.78, 5) is 0. The predicted octanol–water partition coefficient (Wildman–Crippen LogP) is 4.67. The molecular weight excluding hydrogens is 239 g/mol. The molecule has 0 aromatic rings. The predicted molar refractivity (Wildman–Crippen MR) is 68.6 cm³/mol. The first-order chi connectivity index (χ1) is 8.51. The van der Waals surface area contributed by atoms with E-state index in [0.717, 1.165) is 25.3 Å². The van der Waals surface area contributed by atoms with Gasteiger partial charge >= 0.3 is 6.18 Å². The van der Waals surface area contributed by atoms with Crippen molar-refractivity contribution in [2.45, 2.75) is 76.9 Å². The summed E-state index contributed by atoms with van der Waals surface area (Å²) < 4.78 is 36.7. The van der Waals surface area contributed by atoms with Gasteiger partial charge in [0.1, 0.15) is 0 Å². The van der Waals surface area contributed by atoms with Crippen molar-refractivity contribution in [1.82, 2.24) is 5.32 Å². The second-order valence-corrected chi connectivity index (χ2v) is 5.49. The van der Waals surface area contributed by atoms with Crippen molar-refractivity contribution < 1.29 is 13.2 Å². The second-order valence-electron chi connectivity index (χ2n) is 5.49. The molecule has 1 rings (SSSR count). The molecule has 1 N–H and O–H groups in total. The fourth-order valence-electron chi connectivity index (χ4n) is 2.89. The molecule has 1 atom stereocenters. The summed E-state index contributed by atoms with van der Waals surface area (Å²) in [5, 5.41) is 3.19. The number of rotatable bonds is 7. The number of alkyl halides is 3. The highest BCUT2D eigenvalue weighted by molar-refractivity contribution is 4.73. The van der Waals surface area contributed by atoms with Gasteiger partial charge in [0, 0.05) is 12.5 Å². The van der Waals surface area contributed by atoms with Crippen LogP contribution < -0.4 is 5.32 Å². The molecule has 0 spiro atoms. The zero-order valence-corrected chi connectivity index (χ0v) is 11.4. The number of hydrogen-bond donors (Lipinski definition) is 1. The minimum Gasteiger partial charge on any atom is -0.314 e. The fourth-order valence-corrected chi connectivity index (χ4v) is 2.89. The Kier molecular flexibility index (Phi) is 7.05. The molecule has 0 saturated heterocycles. The molecule has 0 heterocycles. The largest absolute Gasteiger partial charge is 0.389 e. The van der Waals surface area contributed by atoms with Gasteiger partial charge in [0.25, 0.3) is 0 Å². The van der Waals surface area contributed by atoms with Crippen molar-refractivity contribution >= 4 is 0 Å². The fraction of sp³-hybridized carbons (Fsp3) is 1.00. The Hall–Kier alpha value is -0.250. The van der Waals surface area contributed by atoms with Gasteiger partial charge in [-0.05, 0) is 31.7 Å². The highest BCUT2D eigenvalue weighted by atomic mass is 19.4. The summed E-state index contributed by atoms with van der Waals surface area (Å²) in [7, 11) is 0. The van der Waals surface area contributed by atoms with Gasteiger partial charge < -0.3 is 5.32 Å². The summed E-state index contributed by atoms with van der Waals surface area (Å²) in [6.07, 6.45) is 4.04. The van der Waals surface area contributed by atoms with E-state index in [2.05, 4.69) is 5.32 Å². The third-order valence-corrected chi connectivity index (χ3v) is 3.92. The minimum atomic E-state index is -4.02. The maximum absolute atomic E-state index is 12.2.